The Kier molecular flexibility index (Phi) is 3.46. The Morgan fingerprint density at radius 2 is 1.78 bits per heavy atom. The number of amides is 1. The lowest BCUT2D eigenvalue weighted by Crippen LogP contribution is -2.33. The Bertz CT molecular complexity index is 791. The highest BCUT2D eigenvalue weighted by Crippen LogP contribution is 2.37. The first kappa shape index (κ1) is 14.2. The Morgan fingerprint density at radius 1 is 1.00 bits per heavy atom. The molecule has 1 heterocycles. The zero-order valence-corrected chi connectivity index (χ0v) is 12.7. The molecule has 23 heavy (non-hydrogen) atoms. The first-order chi connectivity index (χ1) is 11.2. The number of carbonyl (C=O) groups is 2. The second-order valence-corrected chi connectivity index (χ2v) is 5.98. The number of fused-ring (bicyclic) bond motifs is 3. The molecule has 1 unspecified atom stereocenters. The highest BCUT2D eigenvalue weighted by atomic mass is 16.5. The van der Waals surface area contributed by atoms with Gasteiger partial charge in [0, 0.05) is 23.4 Å². The minimum Gasteiger partial charge on any atom is -0.368 e. The van der Waals surface area contributed by atoms with Gasteiger partial charge in [-0.25, -0.2) is 0 Å². The maximum atomic E-state index is 12.5. The lowest BCUT2D eigenvalue weighted by atomic mass is 10.1. The standard InChI is InChI=1S/C19H17NO3/c21-18-15-6-2-1-5-13(15)14-9-8-12(11-16(14)18)20-19(22)17-7-3-4-10-23-17/h1-2,5-6,8-9,11,17H,3-4,7,10H2,(H,20,22). The molecule has 0 bridgehead atoms. The fourth-order valence-electron chi connectivity index (χ4n) is 3.28. The van der Waals surface area contributed by atoms with Gasteiger partial charge in [-0.05, 0) is 42.5 Å². The minimum atomic E-state index is -0.384. The molecule has 0 spiro atoms. The van der Waals surface area contributed by atoms with Crippen molar-refractivity contribution in [1.29, 1.82) is 0 Å². The van der Waals surface area contributed by atoms with Crippen molar-refractivity contribution < 1.29 is 14.3 Å². The van der Waals surface area contributed by atoms with Crippen molar-refractivity contribution in [3.63, 3.8) is 0 Å². The van der Waals surface area contributed by atoms with Gasteiger partial charge >= 0.3 is 0 Å². The summed E-state index contributed by atoms with van der Waals surface area (Å²) in [5.41, 5.74) is 3.90. The van der Waals surface area contributed by atoms with Crippen molar-refractivity contribution in [1.82, 2.24) is 0 Å². The predicted molar refractivity (Wildman–Crippen MR) is 87.5 cm³/mol. The molecule has 0 aromatic heterocycles. The van der Waals surface area contributed by atoms with E-state index in [4.69, 9.17) is 4.74 Å². The van der Waals surface area contributed by atoms with Crippen LogP contribution in [0.4, 0.5) is 5.69 Å². The average Bonchev–Trinajstić information content (AvgIpc) is 2.89. The molecule has 4 rings (SSSR count). The Hall–Kier alpha value is -2.46. The van der Waals surface area contributed by atoms with Crippen LogP contribution < -0.4 is 5.32 Å². The van der Waals surface area contributed by atoms with Gasteiger partial charge in [-0.1, -0.05) is 30.3 Å². The smallest absolute Gasteiger partial charge is 0.253 e. The second kappa shape index (κ2) is 5.63. The van der Waals surface area contributed by atoms with E-state index >= 15 is 0 Å². The summed E-state index contributed by atoms with van der Waals surface area (Å²) >= 11 is 0. The Labute approximate surface area is 134 Å². The zero-order chi connectivity index (χ0) is 15.8. The molecule has 4 heteroatoms. The zero-order valence-electron chi connectivity index (χ0n) is 12.7. The molecule has 1 N–H and O–H groups in total. The van der Waals surface area contributed by atoms with Crippen molar-refractivity contribution in [2.24, 2.45) is 0 Å². The summed E-state index contributed by atoms with van der Waals surface area (Å²) < 4.78 is 5.50. The SMILES string of the molecule is O=C1c2ccccc2-c2ccc(NC(=O)C3CCCCO3)cc21. The minimum absolute atomic E-state index is 0.0145. The molecule has 0 saturated carbocycles. The van der Waals surface area contributed by atoms with Crippen molar-refractivity contribution in [3.8, 4) is 11.1 Å². The molecule has 2 aliphatic rings. The first-order valence-corrected chi connectivity index (χ1v) is 7.94. The lowest BCUT2D eigenvalue weighted by molar-refractivity contribution is -0.129. The molecule has 116 valence electrons. The third-order valence-corrected chi connectivity index (χ3v) is 4.47. The van der Waals surface area contributed by atoms with E-state index in [1.54, 1.807) is 6.07 Å². The number of hydrogen-bond donors (Lipinski definition) is 1. The number of benzene rings is 2. The van der Waals surface area contributed by atoms with Gasteiger partial charge < -0.3 is 10.1 Å². The number of carbonyl (C=O) groups excluding carboxylic acids is 2. The van der Waals surface area contributed by atoms with Gasteiger partial charge in [0.15, 0.2) is 5.78 Å². The van der Waals surface area contributed by atoms with E-state index in [0.717, 1.165) is 36.0 Å². The van der Waals surface area contributed by atoms with Crippen LogP contribution in [0.2, 0.25) is 0 Å². The number of hydrogen-bond acceptors (Lipinski definition) is 3. The topological polar surface area (TPSA) is 55.4 Å². The van der Waals surface area contributed by atoms with E-state index in [-0.39, 0.29) is 17.8 Å². The number of ketones is 1. The molecule has 1 aliphatic heterocycles. The fourth-order valence-corrected chi connectivity index (χ4v) is 3.28. The highest BCUT2D eigenvalue weighted by Gasteiger charge is 2.27. The Balaban J connectivity index is 1.59. The van der Waals surface area contributed by atoms with Crippen LogP contribution in [0.15, 0.2) is 42.5 Å². The molecule has 1 amide bonds. The van der Waals surface area contributed by atoms with Gasteiger partial charge in [0.1, 0.15) is 6.10 Å². The van der Waals surface area contributed by atoms with Gasteiger partial charge in [0.2, 0.25) is 0 Å². The monoisotopic (exact) mass is 307 g/mol. The summed E-state index contributed by atoms with van der Waals surface area (Å²) in [7, 11) is 0. The summed E-state index contributed by atoms with van der Waals surface area (Å²) in [5, 5.41) is 2.87. The third kappa shape index (κ3) is 2.45. The lowest BCUT2D eigenvalue weighted by Gasteiger charge is -2.21. The number of ether oxygens (including phenoxy) is 1. The molecule has 2 aromatic carbocycles. The van der Waals surface area contributed by atoms with Crippen molar-refractivity contribution in [2.45, 2.75) is 25.4 Å². The van der Waals surface area contributed by atoms with Crippen LogP contribution in [-0.4, -0.2) is 24.4 Å². The predicted octanol–water partition coefficient (Wildman–Crippen LogP) is 3.41. The van der Waals surface area contributed by atoms with Gasteiger partial charge in [-0.3, -0.25) is 9.59 Å². The van der Waals surface area contributed by atoms with E-state index in [2.05, 4.69) is 5.32 Å². The van der Waals surface area contributed by atoms with E-state index in [1.807, 2.05) is 36.4 Å². The fraction of sp³-hybridized carbons (Fsp3) is 0.263. The number of anilines is 1. The summed E-state index contributed by atoms with van der Waals surface area (Å²) in [5.74, 6) is -0.117. The van der Waals surface area contributed by atoms with Crippen LogP contribution in [-0.2, 0) is 9.53 Å². The van der Waals surface area contributed by atoms with Crippen LogP contribution in [0.25, 0.3) is 11.1 Å². The summed E-state index contributed by atoms with van der Waals surface area (Å²) in [6, 6.07) is 13.1. The van der Waals surface area contributed by atoms with Gasteiger partial charge in [-0.15, -0.1) is 0 Å². The highest BCUT2D eigenvalue weighted by molar-refractivity contribution is 6.22. The molecule has 4 nitrogen and oxygen atoms in total. The summed E-state index contributed by atoms with van der Waals surface area (Å²) in [4.78, 5) is 24.7. The van der Waals surface area contributed by atoms with Gasteiger partial charge in [0.05, 0.1) is 0 Å². The van der Waals surface area contributed by atoms with Crippen molar-refractivity contribution >= 4 is 17.4 Å². The maximum absolute atomic E-state index is 12.5. The molecule has 1 atom stereocenters. The third-order valence-electron chi connectivity index (χ3n) is 4.47. The molecule has 1 fully saturated rings. The largest absolute Gasteiger partial charge is 0.368 e. The van der Waals surface area contributed by atoms with Crippen molar-refractivity contribution in [2.75, 3.05) is 11.9 Å². The molecular weight excluding hydrogens is 290 g/mol. The van der Waals surface area contributed by atoms with E-state index in [1.165, 1.54) is 0 Å². The van der Waals surface area contributed by atoms with E-state index in [0.29, 0.717) is 17.9 Å². The first-order valence-electron chi connectivity index (χ1n) is 7.94. The van der Waals surface area contributed by atoms with Crippen LogP contribution in [0, 0.1) is 0 Å². The van der Waals surface area contributed by atoms with Crippen LogP contribution >= 0.6 is 0 Å². The van der Waals surface area contributed by atoms with Gasteiger partial charge in [0.25, 0.3) is 5.91 Å². The molecule has 1 aliphatic carbocycles. The van der Waals surface area contributed by atoms with Crippen LogP contribution in [0.1, 0.15) is 35.2 Å². The second-order valence-electron chi connectivity index (χ2n) is 5.98. The molecule has 0 radical (unpaired) electrons. The number of nitrogens with one attached hydrogen (secondary N) is 1. The summed E-state index contributed by atoms with van der Waals surface area (Å²) in [6.07, 6.45) is 2.39. The average molecular weight is 307 g/mol. The Morgan fingerprint density at radius 3 is 2.57 bits per heavy atom. The van der Waals surface area contributed by atoms with Crippen LogP contribution in [0.3, 0.4) is 0 Å². The quantitative estimate of drug-likeness (QED) is 0.789. The van der Waals surface area contributed by atoms with Crippen molar-refractivity contribution in [3.05, 3.63) is 53.6 Å². The molecular formula is C19H17NO3. The van der Waals surface area contributed by atoms with Crippen LogP contribution in [0.5, 0.6) is 0 Å². The summed E-state index contributed by atoms with van der Waals surface area (Å²) in [6.45, 7) is 0.635. The molecule has 1 saturated heterocycles. The van der Waals surface area contributed by atoms with Gasteiger partial charge in [-0.2, -0.15) is 0 Å². The molecule has 2 aromatic rings. The number of rotatable bonds is 2. The van der Waals surface area contributed by atoms with E-state index in [9.17, 15) is 9.59 Å². The van der Waals surface area contributed by atoms with E-state index < -0.39 is 0 Å². The maximum Gasteiger partial charge on any atom is 0.253 e. The normalized spacial score (nSPS) is 19.1.